The van der Waals surface area contributed by atoms with Crippen molar-refractivity contribution in [2.75, 3.05) is 0 Å². The Morgan fingerprint density at radius 2 is 2.09 bits per heavy atom. The third-order valence-electron chi connectivity index (χ3n) is 8.17. The van der Waals surface area contributed by atoms with Crippen LogP contribution in [0.15, 0.2) is 29.5 Å². The first-order chi connectivity index (χ1) is 11.1. The molecule has 0 aromatic rings. The van der Waals surface area contributed by atoms with Crippen LogP contribution in [0.5, 0.6) is 0 Å². The Labute approximate surface area is 140 Å². The fourth-order valence-electron chi connectivity index (χ4n) is 7.13. The highest BCUT2D eigenvalue weighted by Crippen LogP contribution is 2.65. The Hall–Kier alpha value is -1.05. The number of rotatable bonds is 1. The molecule has 2 nitrogen and oxygen atoms in total. The second-order valence-electron chi connectivity index (χ2n) is 8.82. The first-order valence-corrected chi connectivity index (χ1v) is 9.65. The van der Waals surface area contributed by atoms with Crippen molar-refractivity contribution >= 4 is 5.71 Å². The molecule has 23 heavy (non-hydrogen) atoms. The van der Waals surface area contributed by atoms with Crippen molar-refractivity contribution < 1.29 is 5.21 Å². The first kappa shape index (κ1) is 15.5. The van der Waals surface area contributed by atoms with E-state index in [1.54, 1.807) is 5.57 Å². The number of allylic oxidation sites excluding steroid dienone is 3. The van der Waals surface area contributed by atoms with Crippen LogP contribution in [0.4, 0.5) is 0 Å². The van der Waals surface area contributed by atoms with Crippen LogP contribution >= 0.6 is 0 Å². The molecule has 0 amide bonds. The predicted molar refractivity (Wildman–Crippen MR) is 94.5 cm³/mol. The highest BCUT2D eigenvalue weighted by atomic mass is 16.4. The topological polar surface area (TPSA) is 32.6 Å². The number of fused-ring (bicyclic) bond motifs is 5. The standard InChI is InChI=1S/C21H31NO/c1-4-21-10-9-18-17-7-6-16(22-23)12-15(17)11-13(2)20(18)19(21)8-5-14(21)3/h4,12-14,17-20,23H,1,5-11H2,2-3H3/b22-16+. The molecule has 4 aliphatic carbocycles. The van der Waals surface area contributed by atoms with E-state index in [0.717, 1.165) is 47.6 Å². The van der Waals surface area contributed by atoms with Crippen LogP contribution in [-0.2, 0) is 0 Å². The summed E-state index contributed by atoms with van der Waals surface area (Å²) in [6.07, 6.45) is 13.4. The minimum atomic E-state index is 0.420. The number of hydrogen-bond acceptors (Lipinski definition) is 2. The lowest BCUT2D eigenvalue weighted by molar-refractivity contribution is -0.0266. The van der Waals surface area contributed by atoms with E-state index in [0.29, 0.717) is 5.41 Å². The minimum Gasteiger partial charge on any atom is -0.411 e. The third kappa shape index (κ3) is 2.09. The van der Waals surface area contributed by atoms with E-state index < -0.39 is 0 Å². The van der Waals surface area contributed by atoms with Gasteiger partial charge in [-0.25, -0.2) is 0 Å². The molecule has 126 valence electrons. The Morgan fingerprint density at radius 1 is 1.26 bits per heavy atom. The molecule has 3 saturated carbocycles. The van der Waals surface area contributed by atoms with Crippen LogP contribution in [0.3, 0.4) is 0 Å². The van der Waals surface area contributed by atoms with Gasteiger partial charge in [0.25, 0.3) is 0 Å². The van der Waals surface area contributed by atoms with Crippen molar-refractivity contribution in [1.82, 2.24) is 0 Å². The van der Waals surface area contributed by atoms with Gasteiger partial charge in [-0.2, -0.15) is 0 Å². The average Bonchev–Trinajstić information content (AvgIpc) is 2.91. The predicted octanol–water partition coefficient (Wildman–Crippen LogP) is 5.44. The molecule has 3 fully saturated rings. The second kappa shape index (κ2) is 5.50. The monoisotopic (exact) mass is 313 g/mol. The van der Waals surface area contributed by atoms with Crippen molar-refractivity contribution in [2.24, 2.45) is 46.1 Å². The molecule has 0 bridgehead atoms. The van der Waals surface area contributed by atoms with Crippen LogP contribution in [0.2, 0.25) is 0 Å². The molecule has 0 aliphatic heterocycles. The molecule has 0 aromatic carbocycles. The quantitative estimate of drug-likeness (QED) is 0.390. The van der Waals surface area contributed by atoms with E-state index in [1.165, 1.54) is 38.5 Å². The number of hydrogen-bond donors (Lipinski definition) is 1. The molecule has 7 unspecified atom stereocenters. The zero-order valence-electron chi connectivity index (χ0n) is 14.7. The molecule has 0 spiro atoms. The Kier molecular flexibility index (Phi) is 3.70. The van der Waals surface area contributed by atoms with Crippen LogP contribution in [0.25, 0.3) is 0 Å². The van der Waals surface area contributed by atoms with Crippen LogP contribution < -0.4 is 0 Å². The Morgan fingerprint density at radius 3 is 2.83 bits per heavy atom. The first-order valence-electron chi connectivity index (χ1n) is 9.65. The summed E-state index contributed by atoms with van der Waals surface area (Å²) in [5.41, 5.74) is 2.89. The minimum absolute atomic E-state index is 0.420. The zero-order chi connectivity index (χ0) is 16.2. The van der Waals surface area contributed by atoms with E-state index in [9.17, 15) is 0 Å². The summed E-state index contributed by atoms with van der Waals surface area (Å²) in [5, 5.41) is 12.6. The summed E-state index contributed by atoms with van der Waals surface area (Å²) in [5.74, 6) is 4.92. The summed E-state index contributed by atoms with van der Waals surface area (Å²) in [6.45, 7) is 9.22. The van der Waals surface area contributed by atoms with Crippen LogP contribution in [0, 0.1) is 40.9 Å². The number of oxime groups is 1. The summed E-state index contributed by atoms with van der Waals surface area (Å²) in [4.78, 5) is 0. The van der Waals surface area contributed by atoms with Gasteiger partial charge >= 0.3 is 0 Å². The molecule has 0 aromatic heterocycles. The van der Waals surface area contributed by atoms with Gasteiger partial charge in [0.15, 0.2) is 0 Å². The maximum atomic E-state index is 9.13. The van der Waals surface area contributed by atoms with Gasteiger partial charge in [-0.15, -0.1) is 6.58 Å². The fraction of sp³-hybridized carbons (Fsp3) is 0.762. The fourth-order valence-corrected chi connectivity index (χ4v) is 7.13. The molecular weight excluding hydrogens is 282 g/mol. The molecule has 4 rings (SSSR count). The maximum absolute atomic E-state index is 9.13. The lowest BCUT2D eigenvalue weighted by Gasteiger charge is -2.56. The van der Waals surface area contributed by atoms with Gasteiger partial charge in [-0.05, 0) is 91.9 Å². The summed E-state index contributed by atoms with van der Waals surface area (Å²) in [7, 11) is 0. The highest BCUT2D eigenvalue weighted by Gasteiger charge is 2.57. The third-order valence-corrected chi connectivity index (χ3v) is 8.17. The van der Waals surface area contributed by atoms with Crippen LogP contribution in [0.1, 0.15) is 58.8 Å². The summed E-state index contributed by atoms with van der Waals surface area (Å²) in [6, 6.07) is 0. The lowest BCUT2D eigenvalue weighted by Crippen LogP contribution is -2.49. The van der Waals surface area contributed by atoms with Crippen molar-refractivity contribution in [2.45, 2.75) is 58.8 Å². The van der Waals surface area contributed by atoms with E-state index in [1.807, 2.05) is 0 Å². The van der Waals surface area contributed by atoms with Crippen molar-refractivity contribution in [3.8, 4) is 0 Å². The SMILES string of the molecule is C=CC12CCC3C4CC/C(=N\O)C=C4CC(C)C3C1CCC2C. The van der Waals surface area contributed by atoms with Crippen molar-refractivity contribution in [1.29, 1.82) is 0 Å². The van der Waals surface area contributed by atoms with E-state index in [2.05, 4.69) is 37.7 Å². The average molecular weight is 313 g/mol. The Bertz CT molecular complexity index is 562. The largest absolute Gasteiger partial charge is 0.411 e. The van der Waals surface area contributed by atoms with Gasteiger partial charge in [0.1, 0.15) is 0 Å². The van der Waals surface area contributed by atoms with Crippen molar-refractivity contribution in [3.05, 3.63) is 24.3 Å². The number of nitrogens with zero attached hydrogens (tertiary/aromatic N) is 1. The maximum Gasteiger partial charge on any atom is 0.0795 e. The van der Waals surface area contributed by atoms with Crippen molar-refractivity contribution in [3.63, 3.8) is 0 Å². The van der Waals surface area contributed by atoms with Gasteiger partial charge < -0.3 is 5.21 Å². The van der Waals surface area contributed by atoms with Gasteiger partial charge in [-0.3, -0.25) is 0 Å². The summed E-state index contributed by atoms with van der Waals surface area (Å²) < 4.78 is 0. The second-order valence-corrected chi connectivity index (χ2v) is 8.82. The smallest absolute Gasteiger partial charge is 0.0795 e. The Balaban J connectivity index is 1.68. The van der Waals surface area contributed by atoms with Gasteiger partial charge in [0.2, 0.25) is 0 Å². The van der Waals surface area contributed by atoms with Gasteiger partial charge in [-0.1, -0.05) is 30.7 Å². The normalized spacial score (nSPS) is 50.7. The molecular formula is C21H31NO. The van der Waals surface area contributed by atoms with Gasteiger partial charge in [0, 0.05) is 0 Å². The molecule has 0 radical (unpaired) electrons. The van der Waals surface area contributed by atoms with E-state index >= 15 is 0 Å². The highest BCUT2D eigenvalue weighted by molar-refractivity contribution is 5.96. The van der Waals surface area contributed by atoms with E-state index in [4.69, 9.17) is 5.21 Å². The molecule has 0 saturated heterocycles. The molecule has 1 N–H and O–H groups in total. The zero-order valence-corrected chi connectivity index (χ0v) is 14.7. The van der Waals surface area contributed by atoms with E-state index in [-0.39, 0.29) is 0 Å². The lowest BCUT2D eigenvalue weighted by atomic mass is 9.48. The molecule has 7 atom stereocenters. The molecule has 4 aliphatic rings. The van der Waals surface area contributed by atoms with Crippen LogP contribution in [-0.4, -0.2) is 10.9 Å². The molecule has 0 heterocycles. The summed E-state index contributed by atoms with van der Waals surface area (Å²) >= 11 is 0. The molecule has 2 heteroatoms. The van der Waals surface area contributed by atoms with Gasteiger partial charge in [0.05, 0.1) is 5.71 Å².